The molecule has 20 heavy (non-hydrogen) atoms. The fourth-order valence-electron chi connectivity index (χ4n) is 1.53. The number of hydrogen-bond acceptors (Lipinski definition) is 2. The molecule has 102 valence electrons. The van der Waals surface area contributed by atoms with Crippen molar-refractivity contribution < 1.29 is 22.0 Å². The maximum absolute atomic E-state index is 13.4. The van der Waals surface area contributed by atoms with Crippen LogP contribution in [0.4, 0.5) is 33.3 Å². The van der Waals surface area contributed by atoms with Gasteiger partial charge in [0.25, 0.3) is 0 Å². The van der Waals surface area contributed by atoms with Crippen LogP contribution < -0.4 is 5.32 Å². The lowest BCUT2D eigenvalue weighted by Gasteiger charge is -2.10. The molecule has 0 aliphatic heterocycles. The predicted molar refractivity (Wildman–Crippen MR) is 60.7 cm³/mol. The van der Waals surface area contributed by atoms with Crippen molar-refractivity contribution in [3.8, 4) is 6.07 Å². The summed E-state index contributed by atoms with van der Waals surface area (Å²) >= 11 is 0. The van der Waals surface area contributed by atoms with Gasteiger partial charge in [-0.05, 0) is 18.2 Å². The van der Waals surface area contributed by atoms with Gasteiger partial charge in [-0.15, -0.1) is 0 Å². The molecule has 0 saturated heterocycles. The third-order valence-electron chi connectivity index (χ3n) is 2.47. The second kappa shape index (κ2) is 5.17. The van der Waals surface area contributed by atoms with Crippen LogP contribution in [0.25, 0.3) is 0 Å². The Balaban J connectivity index is 2.52. The minimum Gasteiger partial charge on any atom is -0.351 e. The molecule has 2 nitrogen and oxygen atoms in total. The minimum atomic E-state index is -2.23. The highest BCUT2D eigenvalue weighted by atomic mass is 19.2. The van der Waals surface area contributed by atoms with Crippen LogP contribution in [0.3, 0.4) is 0 Å². The van der Waals surface area contributed by atoms with Crippen molar-refractivity contribution >= 4 is 11.4 Å². The highest BCUT2D eigenvalue weighted by molar-refractivity contribution is 5.62. The van der Waals surface area contributed by atoms with Crippen LogP contribution in [0.2, 0.25) is 0 Å². The van der Waals surface area contributed by atoms with Crippen molar-refractivity contribution in [3.05, 3.63) is 58.9 Å². The van der Waals surface area contributed by atoms with Gasteiger partial charge in [0.2, 0.25) is 5.82 Å². The third-order valence-corrected chi connectivity index (χ3v) is 2.47. The van der Waals surface area contributed by atoms with Crippen molar-refractivity contribution in [2.45, 2.75) is 0 Å². The van der Waals surface area contributed by atoms with E-state index in [1.165, 1.54) is 24.3 Å². The van der Waals surface area contributed by atoms with Gasteiger partial charge in [-0.25, -0.2) is 22.0 Å². The standard InChI is InChI=1S/C13H5F5N2/c14-8-9(15)11(17)13(12(18)10(8)16)20-7-3-1-2-6(4-7)5-19/h1-4,20H. The van der Waals surface area contributed by atoms with Crippen LogP contribution in [0, 0.1) is 40.4 Å². The van der Waals surface area contributed by atoms with E-state index < -0.39 is 34.8 Å². The fraction of sp³-hybridized carbons (Fsp3) is 0. The molecular weight excluding hydrogens is 279 g/mol. The van der Waals surface area contributed by atoms with Crippen LogP contribution >= 0.6 is 0 Å². The Morgan fingerprint density at radius 2 is 1.40 bits per heavy atom. The van der Waals surface area contributed by atoms with Gasteiger partial charge in [-0.1, -0.05) is 6.07 Å². The van der Waals surface area contributed by atoms with E-state index in [1.807, 2.05) is 0 Å². The molecule has 0 fully saturated rings. The summed E-state index contributed by atoms with van der Waals surface area (Å²) in [7, 11) is 0. The average molecular weight is 284 g/mol. The summed E-state index contributed by atoms with van der Waals surface area (Å²) in [5.74, 6) is -10.2. The molecular formula is C13H5F5N2. The lowest BCUT2D eigenvalue weighted by molar-refractivity contribution is 0.382. The van der Waals surface area contributed by atoms with Crippen molar-refractivity contribution in [1.82, 2.24) is 0 Å². The molecule has 7 heteroatoms. The maximum atomic E-state index is 13.4. The summed E-state index contributed by atoms with van der Waals surface area (Å²) in [5, 5.41) is 10.7. The molecule has 0 aromatic heterocycles. The number of halogens is 5. The lowest BCUT2D eigenvalue weighted by atomic mass is 10.2. The number of benzene rings is 2. The molecule has 1 N–H and O–H groups in total. The van der Waals surface area contributed by atoms with Gasteiger partial charge in [-0.2, -0.15) is 5.26 Å². The first-order chi connectivity index (χ1) is 9.45. The van der Waals surface area contributed by atoms with E-state index in [9.17, 15) is 22.0 Å². The topological polar surface area (TPSA) is 35.8 Å². The zero-order valence-corrected chi connectivity index (χ0v) is 9.65. The first-order valence-electron chi connectivity index (χ1n) is 5.24. The van der Waals surface area contributed by atoms with E-state index in [1.54, 1.807) is 6.07 Å². The quantitative estimate of drug-likeness (QED) is 0.514. The number of anilines is 2. The molecule has 0 heterocycles. The summed E-state index contributed by atoms with van der Waals surface area (Å²) in [6, 6.07) is 7.12. The molecule has 0 bridgehead atoms. The van der Waals surface area contributed by atoms with Gasteiger partial charge in [-0.3, -0.25) is 0 Å². The van der Waals surface area contributed by atoms with Crippen LogP contribution in [0.15, 0.2) is 24.3 Å². The van der Waals surface area contributed by atoms with Gasteiger partial charge in [0.1, 0.15) is 5.69 Å². The second-order valence-corrected chi connectivity index (χ2v) is 3.76. The van der Waals surface area contributed by atoms with Crippen molar-refractivity contribution in [2.24, 2.45) is 0 Å². The van der Waals surface area contributed by atoms with Crippen molar-refractivity contribution in [2.75, 3.05) is 5.32 Å². The number of rotatable bonds is 2. The van der Waals surface area contributed by atoms with Gasteiger partial charge in [0.05, 0.1) is 11.6 Å². The Kier molecular flexibility index (Phi) is 3.57. The van der Waals surface area contributed by atoms with Crippen molar-refractivity contribution in [3.63, 3.8) is 0 Å². The number of nitrogens with zero attached hydrogens (tertiary/aromatic N) is 1. The molecule has 2 aromatic carbocycles. The van der Waals surface area contributed by atoms with Gasteiger partial charge in [0, 0.05) is 5.69 Å². The largest absolute Gasteiger partial charge is 0.351 e. The summed E-state index contributed by atoms with van der Waals surface area (Å²) in [6.45, 7) is 0. The van der Waals surface area contributed by atoms with E-state index in [2.05, 4.69) is 5.32 Å². The Morgan fingerprint density at radius 1 is 0.850 bits per heavy atom. The molecule has 0 unspecified atom stereocenters. The van der Waals surface area contributed by atoms with E-state index in [0.29, 0.717) is 0 Å². The highest BCUT2D eigenvalue weighted by Gasteiger charge is 2.25. The number of nitrogens with one attached hydrogen (secondary N) is 1. The summed E-state index contributed by atoms with van der Waals surface area (Å²) in [4.78, 5) is 0. The lowest BCUT2D eigenvalue weighted by Crippen LogP contribution is -2.06. The monoisotopic (exact) mass is 284 g/mol. The Labute approximate surface area is 110 Å². The Hall–Kier alpha value is -2.62. The zero-order chi connectivity index (χ0) is 14.9. The normalized spacial score (nSPS) is 10.2. The number of hydrogen-bond donors (Lipinski definition) is 1. The Morgan fingerprint density at radius 3 is 1.95 bits per heavy atom. The maximum Gasteiger partial charge on any atom is 0.200 e. The van der Waals surface area contributed by atoms with Crippen molar-refractivity contribution in [1.29, 1.82) is 5.26 Å². The SMILES string of the molecule is N#Cc1cccc(Nc2c(F)c(F)c(F)c(F)c2F)c1. The predicted octanol–water partition coefficient (Wildman–Crippen LogP) is 4.00. The molecule has 0 amide bonds. The van der Waals surface area contributed by atoms with Crippen LogP contribution in [-0.4, -0.2) is 0 Å². The number of nitriles is 1. The summed E-state index contributed by atoms with van der Waals surface area (Å²) < 4.78 is 65.7. The molecule has 0 aliphatic carbocycles. The second-order valence-electron chi connectivity index (χ2n) is 3.76. The molecule has 2 rings (SSSR count). The van der Waals surface area contributed by atoms with E-state index in [4.69, 9.17) is 5.26 Å². The third kappa shape index (κ3) is 2.28. The van der Waals surface area contributed by atoms with Crippen LogP contribution in [0.1, 0.15) is 5.56 Å². The van der Waals surface area contributed by atoms with Crippen LogP contribution in [0.5, 0.6) is 0 Å². The Bertz CT molecular complexity index is 692. The molecule has 0 saturated carbocycles. The fourth-order valence-corrected chi connectivity index (χ4v) is 1.53. The van der Waals surface area contributed by atoms with Gasteiger partial charge >= 0.3 is 0 Å². The van der Waals surface area contributed by atoms with E-state index >= 15 is 0 Å². The molecule has 0 spiro atoms. The first-order valence-corrected chi connectivity index (χ1v) is 5.24. The van der Waals surface area contributed by atoms with E-state index in [0.717, 1.165) is 0 Å². The van der Waals surface area contributed by atoms with Gasteiger partial charge in [0.15, 0.2) is 23.3 Å². The van der Waals surface area contributed by atoms with Gasteiger partial charge < -0.3 is 5.32 Å². The summed E-state index contributed by atoms with van der Waals surface area (Å²) in [5.41, 5.74) is -0.984. The molecule has 0 atom stereocenters. The molecule has 2 aromatic rings. The first kappa shape index (κ1) is 13.8. The molecule has 0 aliphatic rings. The minimum absolute atomic E-state index is 0.0206. The smallest absolute Gasteiger partial charge is 0.200 e. The summed E-state index contributed by atoms with van der Waals surface area (Å²) in [6.07, 6.45) is 0. The highest BCUT2D eigenvalue weighted by Crippen LogP contribution is 2.29. The average Bonchev–Trinajstić information content (AvgIpc) is 2.48. The molecule has 0 radical (unpaired) electrons. The van der Waals surface area contributed by atoms with Crippen LogP contribution in [-0.2, 0) is 0 Å². The van der Waals surface area contributed by atoms with E-state index in [-0.39, 0.29) is 11.3 Å². The zero-order valence-electron chi connectivity index (χ0n) is 9.65.